The second-order valence-electron chi connectivity index (χ2n) is 2.59. The fourth-order valence-corrected chi connectivity index (χ4v) is 1.19. The normalized spacial score (nSPS) is 13.7. The number of hydrogen-bond donors (Lipinski definition) is 2. The summed E-state index contributed by atoms with van der Waals surface area (Å²) in [5, 5.41) is -3.59. The van der Waals surface area contributed by atoms with Crippen LogP contribution in [0.5, 0.6) is 5.88 Å². The number of ether oxygens (including phenoxy) is 1. The molecular formula is C7H9ClF2N4O. The molecule has 1 rings (SSSR count). The lowest BCUT2D eigenvalue weighted by Gasteiger charge is -2.20. The summed E-state index contributed by atoms with van der Waals surface area (Å²) in [4.78, 5) is 7.40. The van der Waals surface area contributed by atoms with Crippen molar-refractivity contribution in [1.29, 1.82) is 0 Å². The van der Waals surface area contributed by atoms with Gasteiger partial charge in [-0.1, -0.05) is 0 Å². The molecule has 1 unspecified atom stereocenters. The molecular weight excluding hydrogens is 230 g/mol. The van der Waals surface area contributed by atoms with Crippen LogP contribution in [0.4, 0.5) is 8.78 Å². The van der Waals surface area contributed by atoms with Gasteiger partial charge in [-0.05, 0) is 11.6 Å². The number of hydrogen-bond acceptors (Lipinski definition) is 5. The van der Waals surface area contributed by atoms with E-state index in [2.05, 4.69) is 9.97 Å². The van der Waals surface area contributed by atoms with Crippen molar-refractivity contribution in [2.24, 2.45) is 5.84 Å². The molecule has 3 N–H and O–H groups in total. The molecule has 84 valence electrons. The van der Waals surface area contributed by atoms with Crippen molar-refractivity contribution in [2.75, 3.05) is 7.11 Å². The summed E-state index contributed by atoms with van der Waals surface area (Å²) in [5.74, 6) is 4.92. The van der Waals surface area contributed by atoms with E-state index in [0.29, 0.717) is 0 Å². The van der Waals surface area contributed by atoms with Crippen LogP contribution in [0.3, 0.4) is 0 Å². The minimum Gasteiger partial charge on any atom is -0.480 e. The molecule has 0 radical (unpaired) electrons. The average Bonchev–Trinajstić information content (AvgIpc) is 2.17. The first-order chi connectivity index (χ1) is 7.00. The van der Waals surface area contributed by atoms with Crippen molar-refractivity contribution in [2.45, 2.75) is 11.4 Å². The molecule has 15 heavy (non-hydrogen) atoms. The summed E-state index contributed by atoms with van der Waals surface area (Å²) in [6, 6.07) is -1.66. The summed E-state index contributed by atoms with van der Waals surface area (Å²) >= 11 is 4.86. The molecule has 0 saturated carbocycles. The maximum Gasteiger partial charge on any atom is 0.343 e. The van der Waals surface area contributed by atoms with Gasteiger partial charge < -0.3 is 4.74 Å². The summed E-state index contributed by atoms with van der Waals surface area (Å²) in [7, 11) is 1.29. The van der Waals surface area contributed by atoms with E-state index in [9.17, 15) is 8.78 Å². The maximum atomic E-state index is 12.9. The molecule has 0 fully saturated rings. The van der Waals surface area contributed by atoms with Gasteiger partial charge in [0.1, 0.15) is 11.7 Å². The predicted molar refractivity (Wildman–Crippen MR) is 49.4 cm³/mol. The Morgan fingerprint density at radius 1 is 1.53 bits per heavy atom. The van der Waals surface area contributed by atoms with Crippen molar-refractivity contribution in [1.82, 2.24) is 15.4 Å². The van der Waals surface area contributed by atoms with Crippen LogP contribution in [0, 0.1) is 0 Å². The SMILES string of the molecule is COc1nccnc1C(NN)C(F)(F)Cl. The summed E-state index contributed by atoms with van der Waals surface area (Å²) in [5.41, 5.74) is 1.72. The molecule has 0 aliphatic carbocycles. The first kappa shape index (κ1) is 12.0. The minimum absolute atomic E-state index is 0.0548. The highest BCUT2D eigenvalue weighted by molar-refractivity contribution is 6.22. The van der Waals surface area contributed by atoms with Crippen LogP contribution in [0.25, 0.3) is 0 Å². The fraction of sp³-hybridized carbons (Fsp3) is 0.429. The smallest absolute Gasteiger partial charge is 0.343 e. The van der Waals surface area contributed by atoms with Crippen molar-refractivity contribution < 1.29 is 13.5 Å². The van der Waals surface area contributed by atoms with Gasteiger partial charge in [0.2, 0.25) is 5.88 Å². The molecule has 0 aliphatic heterocycles. The van der Waals surface area contributed by atoms with Crippen LogP contribution in [-0.2, 0) is 0 Å². The zero-order valence-electron chi connectivity index (χ0n) is 7.75. The van der Waals surface area contributed by atoms with Gasteiger partial charge >= 0.3 is 5.38 Å². The molecule has 0 saturated heterocycles. The van der Waals surface area contributed by atoms with E-state index >= 15 is 0 Å². The molecule has 1 aromatic rings. The molecule has 0 aromatic carbocycles. The third-order valence-corrected chi connectivity index (χ3v) is 1.87. The quantitative estimate of drug-likeness (QED) is 0.462. The molecule has 0 spiro atoms. The molecule has 0 bridgehead atoms. The number of aromatic nitrogens is 2. The largest absolute Gasteiger partial charge is 0.480 e. The van der Waals surface area contributed by atoms with E-state index in [1.807, 2.05) is 5.43 Å². The van der Waals surface area contributed by atoms with Gasteiger partial charge in [0, 0.05) is 12.4 Å². The van der Waals surface area contributed by atoms with Gasteiger partial charge in [-0.3, -0.25) is 10.8 Å². The number of alkyl halides is 3. The number of halogens is 3. The van der Waals surface area contributed by atoms with Crippen molar-refractivity contribution >= 4 is 11.6 Å². The van der Waals surface area contributed by atoms with Crippen LogP contribution in [0.15, 0.2) is 12.4 Å². The number of hydrazine groups is 1. The van der Waals surface area contributed by atoms with Gasteiger partial charge in [-0.25, -0.2) is 10.4 Å². The second kappa shape index (κ2) is 4.65. The van der Waals surface area contributed by atoms with Crippen molar-refractivity contribution in [3.63, 3.8) is 0 Å². The average molecular weight is 239 g/mol. The van der Waals surface area contributed by atoms with E-state index in [0.717, 1.165) is 0 Å². The summed E-state index contributed by atoms with van der Waals surface area (Å²) in [6.07, 6.45) is 2.55. The topological polar surface area (TPSA) is 73.1 Å². The Morgan fingerprint density at radius 2 is 2.13 bits per heavy atom. The van der Waals surface area contributed by atoms with Crippen LogP contribution in [0.2, 0.25) is 0 Å². The number of nitrogens with zero attached hydrogens (tertiary/aromatic N) is 2. The van der Waals surface area contributed by atoms with Crippen molar-refractivity contribution in [3.05, 3.63) is 18.1 Å². The maximum absolute atomic E-state index is 12.9. The highest BCUT2D eigenvalue weighted by Crippen LogP contribution is 2.36. The Balaban J connectivity index is 3.12. The van der Waals surface area contributed by atoms with Gasteiger partial charge in [-0.2, -0.15) is 8.78 Å². The Hall–Kier alpha value is -1.05. The van der Waals surface area contributed by atoms with E-state index in [4.69, 9.17) is 22.2 Å². The van der Waals surface area contributed by atoms with E-state index in [1.165, 1.54) is 19.5 Å². The summed E-state index contributed by atoms with van der Waals surface area (Å²) in [6.45, 7) is 0. The number of methoxy groups -OCH3 is 1. The zero-order chi connectivity index (χ0) is 11.5. The number of nitrogens with one attached hydrogen (secondary N) is 1. The van der Waals surface area contributed by atoms with Gasteiger partial charge in [0.05, 0.1) is 7.11 Å². The minimum atomic E-state index is -3.59. The third-order valence-electron chi connectivity index (χ3n) is 1.65. The fourth-order valence-electron chi connectivity index (χ4n) is 1.02. The van der Waals surface area contributed by atoms with Gasteiger partial charge in [0.15, 0.2) is 0 Å². The van der Waals surface area contributed by atoms with E-state index < -0.39 is 11.4 Å². The highest BCUT2D eigenvalue weighted by atomic mass is 35.5. The van der Waals surface area contributed by atoms with E-state index in [-0.39, 0.29) is 11.6 Å². The Labute approximate surface area is 89.6 Å². The van der Waals surface area contributed by atoms with Crippen molar-refractivity contribution in [3.8, 4) is 5.88 Å². The van der Waals surface area contributed by atoms with Crippen LogP contribution in [0.1, 0.15) is 11.7 Å². The van der Waals surface area contributed by atoms with E-state index in [1.54, 1.807) is 0 Å². The van der Waals surface area contributed by atoms with Crippen LogP contribution < -0.4 is 16.0 Å². The number of rotatable bonds is 4. The predicted octanol–water partition coefficient (Wildman–Crippen LogP) is 0.821. The Morgan fingerprint density at radius 3 is 2.60 bits per heavy atom. The van der Waals surface area contributed by atoms with Gasteiger partial charge in [-0.15, -0.1) is 0 Å². The van der Waals surface area contributed by atoms with Crippen LogP contribution in [-0.4, -0.2) is 22.5 Å². The molecule has 0 aliphatic rings. The molecule has 1 aromatic heterocycles. The number of nitrogens with two attached hydrogens (primary N) is 1. The monoisotopic (exact) mass is 238 g/mol. The third kappa shape index (κ3) is 2.71. The molecule has 1 atom stereocenters. The molecule has 5 nitrogen and oxygen atoms in total. The molecule has 8 heteroatoms. The first-order valence-corrected chi connectivity index (χ1v) is 4.26. The Kier molecular flexibility index (Phi) is 3.72. The highest BCUT2D eigenvalue weighted by Gasteiger charge is 2.40. The van der Waals surface area contributed by atoms with Gasteiger partial charge in [0.25, 0.3) is 0 Å². The lowest BCUT2D eigenvalue weighted by Crippen LogP contribution is -2.38. The summed E-state index contributed by atoms with van der Waals surface area (Å²) < 4.78 is 30.5. The lowest BCUT2D eigenvalue weighted by molar-refractivity contribution is 0.0467. The molecule has 0 amide bonds. The lowest BCUT2D eigenvalue weighted by atomic mass is 10.2. The van der Waals surface area contributed by atoms with Crippen LogP contribution >= 0.6 is 11.6 Å². The first-order valence-electron chi connectivity index (χ1n) is 3.88. The second-order valence-corrected chi connectivity index (χ2v) is 3.10. The molecule has 1 heterocycles. The zero-order valence-corrected chi connectivity index (χ0v) is 8.50. The Bertz CT molecular complexity index is 333. The standard InChI is InChI=1S/C7H9ClF2N4O/c1-15-6-4(12-2-3-13-6)5(14-11)7(8,9)10/h2-3,5,14H,11H2,1H3.